The summed E-state index contributed by atoms with van der Waals surface area (Å²) in [6.07, 6.45) is 3.35. The molecule has 1 unspecified atom stereocenters. The zero-order chi connectivity index (χ0) is 104. The molecule has 2 aromatic heterocycles. The quantitative estimate of drug-likeness (QED) is 0.0788. The van der Waals surface area contributed by atoms with E-state index in [2.05, 4.69) is 523 Å². The molecule has 4 aliphatic carbocycles. The summed E-state index contributed by atoms with van der Waals surface area (Å²) in [7, 11) is 2.28. The first kappa shape index (κ1) is 106. The third kappa shape index (κ3) is 21.7. The largest absolute Gasteiger partial charge is 0.494 e. The Balaban J connectivity index is 0.000000148. The van der Waals surface area contributed by atoms with E-state index in [1.54, 1.807) is 12.7 Å². The van der Waals surface area contributed by atoms with Gasteiger partial charge in [-0.3, -0.25) is 9.59 Å². The van der Waals surface area contributed by atoms with Crippen LogP contribution in [0.2, 0.25) is 0 Å². The molecule has 1 fully saturated rings. The van der Waals surface area contributed by atoms with E-state index in [0.29, 0.717) is 0 Å². The van der Waals surface area contributed by atoms with Crippen LogP contribution >= 0.6 is 25.2 Å². The molecule has 0 saturated carbocycles. The maximum Gasteiger partial charge on any atom is 0.494 e. The molecule has 0 radical (unpaired) electrons. The van der Waals surface area contributed by atoms with E-state index in [9.17, 15) is 0 Å². The third-order valence-corrected chi connectivity index (χ3v) is 31.0. The van der Waals surface area contributed by atoms with Crippen LogP contribution in [-0.4, -0.2) is 60.4 Å². The average Bonchev–Trinajstić information content (AvgIpc) is 1.61. The number of aliphatic carboxylic acids is 2. The molecule has 0 bridgehead atoms. The van der Waals surface area contributed by atoms with Gasteiger partial charge in [0.05, 0.1) is 34.0 Å². The Bertz CT molecular complexity index is 8120. The Kier molecular flexibility index (Phi) is 31.2. The van der Waals surface area contributed by atoms with E-state index >= 15 is 0 Å². The third-order valence-electron chi connectivity index (χ3n) is 29.8. The number of halogens is 1. The molecule has 17 aromatic carbocycles. The zero-order valence-corrected chi connectivity index (χ0v) is 90.8. The molecule has 3 heterocycles. The predicted octanol–water partition coefficient (Wildman–Crippen LogP) is 33.8. The van der Waals surface area contributed by atoms with Crippen molar-refractivity contribution < 1.29 is 49.5 Å². The number of carboxylic acids is 2. The minimum Gasteiger partial charge on any atom is -0.481 e. The van der Waals surface area contributed by atoms with Crippen LogP contribution in [0.15, 0.2) is 430 Å². The summed E-state index contributed by atoms with van der Waals surface area (Å²) in [4.78, 5) is 41.5. The second-order valence-electron chi connectivity index (χ2n) is 41.4. The molecule has 0 spiro atoms. The van der Waals surface area contributed by atoms with Crippen LogP contribution in [0.5, 0.6) is 0 Å². The minimum atomic E-state index is -0.833. The topological polar surface area (TPSA) is 151 Å². The second-order valence-corrected chi connectivity index (χ2v) is 43.0. The fourth-order valence-corrected chi connectivity index (χ4v) is 21.6. The summed E-state index contributed by atoms with van der Waals surface area (Å²) < 4.78 is 13.6. The van der Waals surface area contributed by atoms with Crippen LogP contribution in [0.4, 0.5) is 34.1 Å². The van der Waals surface area contributed by atoms with Crippen molar-refractivity contribution in [3.05, 3.63) is 480 Å². The fraction of sp³-hybridized carbons (Fsp3) is 0.164. The summed E-state index contributed by atoms with van der Waals surface area (Å²) in [6.45, 7) is 31.2. The molecule has 5 aliphatic rings. The van der Waals surface area contributed by atoms with Crippen LogP contribution in [-0.2, 0) is 61.0 Å². The van der Waals surface area contributed by atoms with Gasteiger partial charge < -0.3 is 29.3 Å². The van der Waals surface area contributed by atoms with Crippen molar-refractivity contribution in [3.63, 3.8) is 0 Å². The van der Waals surface area contributed by atoms with Gasteiger partial charge in [-0.15, -0.1) is 9.24 Å². The predicted molar refractivity (Wildman–Crippen MR) is 625 cm³/mol. The van der Waals surface area contributed by atoms with Crippen molar-refractivity contribution in [3.8, 4) is 123 Å². The van der Waals surface area contributed by atoms with E-state index in [4.69, 9.17) is 39.1 Å². The van der Waals surface area contributed by atoms with Gasteiger partial charge in [-0.25, -0.2) is 19.9 Å². The van der Waals surface area contributed by atoms with Crippen molar-refractivity contribution >= 4 is 89.1 Å². The molecular formula is C134H123BBrN6O6PPd. The van der Waals surface area contributed by atoms with E-state index < -0.39 is 19.1 Å². The number of rotatable bonds is 14. The Labute approximate surface area is 908 Å². The summed E-state index contributed by atoms with van der Waals surface area (Å²) >= 11 is 3.60. The van der Waals surface area contributed by atoms with E-state index in [-0.39, 0.29) is 60.7 Å². The minimum absolute atomic E-state index is 0. The summed E-state index contributed by atoms with van der Waals surface area (Å²) in [5.41, 5.74) is 44.6. The fourth-order valence-electron chi connectivity index (χ4n) is 21.2. The number of carboxylic acid groups (broad SMARTS) is 2. The van der Waals surface area contributed by atoms with E-state index in [1.807, 2.05) is 24.3 Å². The van der Waals surface area contributed by atoms with Crippen molar-refractivity contribution in [2.24, 2.45) is 0 Å². The number of carbonyl (C=O) groups is 2. The first-order valence-electron chi connectivity index (χ1n) is 50.3. The summed E-state index contributed by atoms with van der Waals surface area (Å²) in [5.74, 6) is -1.67. The second kappa shape index (κ2) is 44.0. The van der Waals surface area contributed by atoms with Gasteiger partial charge in [0.15, 0.2) is 0 Å². The molecule has 2 N–H and O–H groups in total. The van der Waals surface area contributed by atoms with Gasteiger partial charge in [-0.1, -0.05) is 376 Å². The van der Waals surface area contributed by atoms with Crippen LogP contribution in [0.3, 0.4) is 0 Å². The molecule has 1 aliphatic heterocycles. The molecule has 19 aromatic rings. The molecule has 1 saturated heterocycles. The normalized spacial score (nSPS) is 14.0. The standard InChI is InChI=1S/C58H45N3.C33H26BrN.C31H31BN2O2.C7H9P.2C2H4O2.CH4.Pd/c1-57(2)51-19-10-8-17-47(51)49-31-25-43(34-53(49)57)56-36-55(59-37-60-56)42-16-12-15-41(33-42)40-23-28-45(29-24-40)61(44-26-21-39(22-27-44)38-13-6-5-7-14-38)46-30-32-50-48-18-9-11-20-52(48)58(3,4)54(50)35-46;1-33(2)31-11-7-6-10-29(31)30-21-20-28(22-32(30)33)35(27-18-14-25(34)15-19-27)26-16-12-24(13-17-26)23-8-4-3-5-9-23;1-29(2)25-13-8-7-12-23(25)24-15-14-21(17-26(24)29)28-18-27(33-19-34-28)20-10-9-11-22(16-20)32-35-30(3,4)31(5,6)36-32;1-6-4-2-3-5-7(6)8;2*1-2(3)4;;/h5-37H,1-4H3;3-22H,1-2H3;7-19H,1-6H3;2-5H,8H2,1H3;2*1H3,(H,3,4);1H4;. The van der Waals surface area contributed by atoms with Gasteiger partial charge in [-0.05, 0) is 294 Å². The number of hydrogen-bond acceptors (Lipinski definition) is 10. The number of aromatic nitrogens is 4. The molecule has 150 heavy (non-hydrogen) atoms. The van der Waals surface area contributed by atoms with E-state index in [0.717, 1.165) is 108 Å². The molecule has 0 amide bonds. The summed E-state index contributed by atoms with van der Waals surface area (Å²) in [5, 5.41) is 16.1. The van der Waals surface area contributed by atoms with Crippen LogP contribution in [0.25, 0.3) is 123 Å². The van der Waals surface area contributed by atoms with Crippen molar-refractivity contribution in [2.45, 2.75) is 144 Å². The Morgan fingerprint density at radius 1 is 0.280 bits per heavy atom. The van der Waals surface area contributed by atoms with Crippen molar-refractivity contribution in [1.29, 1.82) is 0 Å². The first-order valence-corrected chi connectivity index (χ1v) is 51.6. The van der Waals surface area contributed by atoms with Crippen molar-refractivity contribution in [2.75, 3.05) is 9.80 Å². The molecule has 24 rings (SSSR count). The Morgan fingerprint density at radius 3 is 0.880 bits per heavy atom. The number of aryl methyl sites for hydroxylation is 1. The molecular weight excluding hydrogens is 2020 g/mol. The van der Waals surface area contributed by atoms with Crippen LogP contribution in [0, 0.1) is 6.92 Å². The SMILES string of the molecule is C.CC(=O)O.CC(=O)O.CC1(C)c2ccccc2-c2ccc(-c3cc(-c4cccc(-c5ccc(N(c6ccc(-c7ccccc7)cc6)c6ccc7c(c6)C(C)(C)c6ccccc6-7)cc5)c4)ncn3)cc21.CC1(C)c2ccccc2-c2ccc(-c3cc(-c4cccc(B5OC(C)(C)C(C)(C)O5)c4)ncn3)cc21.CC1(C)c2ccccc2-c2ccc(N(c3ccc(Br)cc3)c3ccc(-c4ccccc4)cc3)cc21.Cc1ccccc1P.[Pd]. The smallest absolute Gasteiger partial charge is 0.481 e. The number of anilines is 6. The van der Waals surface area contributed by atoms with Crippen molar-refractivity contribution in [1.82, 2.24) is 19.9 Å². The van der Waals surface area contributed by atoms with Crippen LogP contribution < -0.4 is 20.6 Å². The van der Waals surface area contributed by atoms with Gasteiger partial charge in [0.2, 0.25) is 0 Å². The van der Waals surface area contributed by atoms with E-state index in [1.165, 1.54) is 128 Å². The van der Waals surface area contributed by atoms with Crippen LogP contribution in [0.1, 0.15) is 154 Å². The van der Waals surface area contributed by atoms with Gasteiger partial charge in [0.25, 0.3) is 11.9 Å². The zero-order valence-electron chi connectivity index (χ0n) is 86.5. The maximum atomic E-state index is 9.00. The molecule has 750 valence electrons. The Hall–Kier alpha value is -15.0. The average molecular weight is 2140 g/mol. The monoisotopic (exact) mass is 2140 g/mol. The van der Waals surface area contributed by atoms with Gasteiger partial charge in [0.1, 0.15) is 12.7 Å². The van der Waals surface area contributed by atoms with Gasteiger partial charge in [0, 0.05) is 111 Å². The maximum absolute atomic E-state index is 9.00. The van der Waals surface area contributed by atoms with Gasteiger partial charge in [-0.2, -0.15) is 0 Å². The Morgan fingerprint density at radius 2 is 0.533 bits per heavy atom. The summed E-state index contributed by atoms with van der Waals surface area (Å²) in [6, 6.07) is 148. The number of benzene rings is 17. The number of fused-ring (bicyclic) bond motifs is 12. The molecule has 1 atom stereocenters. The molecule has 16 heteroatoms. The first-order chi connectivity index (χ1) is 71.1. The molecule has 12 nitrogen and oxygen atoms in total. The number of nitrogens with zero attached hydrogens (tertiary/aromatic N) is 6. The van der Waals surface area contributed by atoms with Gasteiger partial charge >= 0.3 is 7.12 Å². The number of hydrogen-bond donors (Lipinski definition) is 2.